The number of nitrogens with one attached hydrogen (secondary N) is 1. The van der Waals surface area contributed by atoms with E-state index in [0.717, 1.165) is 25.2 Å². The summed E-state index contributed by atoms with van der Waals surface area (Å²) < 4.78 is 0. The van der Waals surface area contributed by atoms with Gasteiger partial charge >= 0.3 is 0 Å². The second kappa shape index (κ2) is 7.83. The van der Waals surface area contributed by atoms with Crippen molar-refractivity contribution in [3.8, 4) is 0 Å². The van der Waals surface area contributed by atoms with Gasteiger partial charge in [-0.15, -0.1) is 0 Å². The van der Waals surface area contributed by atoms with E-state index in [2.05, 4.69) is 28.2 Å². The molecule has 0 saturated carbocycles. The third-order valence-electron chi connectivity index (χ3n) is 3.70. The topological polar surface area (TPSA) is 28.2 Å². The van der Waals surface area contributed by atoms with E-state index in [9.17, 15) is 0 Å². The summed E-state index contributed by atoms with van der Waals surface area (Å²) in [7, 11) is 0. The highest BCUT2D eigenvalue weighted by Gasteiger charge is 2.18. The SMILES string of the molecule is CCCCN(Cc1cccnc1Cl)CC1CCCN1. The molecule has 2 rings (SSSR count). The van der Waals surface area contributed by atoms with Gasteiger partial charge < -0.3 is 5.32 Å². The summed E-state index contributed by atoms with van der Waals surface area (Å²) >= 11 is 6.17. The van der Waals surface area contributed by atoms with Gasteiger partial charge in [0.15, 0.2) is 0 Å². The second-order valence-electron chi connectivity index (χ2n) is 5.34. The number of hydrogen-bond donors (Lipinski definition) is 1. The summed E-state index contributed by atoms with van der Waals surface area (Å²) in [4.78, 5) is 6.68. The van der Waals surface area contributed by atoms with Gasteiger partial charge in [0.25, 0.3) is 0 Å². The van der Waals surface area contributed by atoms with Crippen LogP contribution < -0.4 is 5.32 Å². The first kappa shape index (κ1) is 14.8. The van der Waals surface area contributed by atoms with E-state index in [0.29, 0.717) is 11.2 Å². The van der Waals surface area contributed by atoms with Gasteiger partial charge in [-0.25, -0.2) is 4.98 Å². The Morgan fingerprint density at radius 2 is 2.42 bits per heavy atom. The normalized spacial score (nSPS) is 19.2. The zero-order valence-corrected chi connectivity index (χ0v) is 12.5. The minimum absolute atomic E-state index is 0.642. The number of halogens is 1. The fraction of sp³-hybridized carbons (Fsp3) is 0.667. The maximum atomic E-state index is 6.17. The summed E-state index contributed by atoms with van der Waals surface area (Å²) in [5.41, 5.74) is 1.14. The largest absolute Gasteiger partial charge is 0.313 e. The van der Waals surface area contributed by atoms with Crippen molar-refractivity contribution in [2.45, 2.75) is 45.2 Å². The van der Waals surface area contributed by atoms with E-state index >= 15 is 0 Å². The molecule has 1 aromatic rings. The Kier molecular flexibility index (Phi) is 6.08. The first-order valence-electron chi connectivity index (χ1n) is 7.34. The molecule has 1 N–H and O–H groups in total. The first-order valence-corrected chi connectivity index (χ1v) is 7.72. The first-order chi connectivity index (χ1) is 9.29. The average Bonchev–Trinajstić information content (AvgIpc) is 2.91. The molecule has 1 saturated heterocycles. The highest BCUT2D eigenvalue weighted by molar-refractivity contribution is 6.30. The molecule has 106 valence electrons. The molecule has 1 aromatic heterocycles. The molecule has 0 aliphatic carbocycles. The molecule has 1 unspecified atom stereocenters. The van der Waals surface area contributed by atoms with E-state index < -0.39 is 0 Å². The van der Waals surface area contributed by atoms with Gasteiger partial charge in [-0.2, -0.15) is 0 Å². The van der Waals surface area contributed by atoms with Crippen molar-refractivity contribution in [3.05, 3.63) is 29.0 Å². The number of unbranched alkanes of at least 4 members (excludes halogenated alkanes) is 1. The molecule has 4 heteroatoms. The van der Waals surface area contributed by atoms with Crippen molar-refractivity contribution in [2.75, 3.05) is 19.6 Å². The quantitative estimate of drug-likeness (QED) is 0.779. The number of pyridine rings is 1. The van der Waals surface area contributed by atoms with Crippen LogP contribution in [0.15, 0.2) is 18.3 Å². The van der Waals surface area contributed by atoms with Crippen LogP contribution in [0.3, 0.4) is 0 Å². The van der Waals surface area contributed by atoms with E-state index in [4.69, 9.17) is 11.6 Å². The minimum Gasteiger partial charge on any atom is -0.313 e. The molecule has 0 amide bonds. The Labute approximate surface area is 121 Å². The van der Waals surface area contributed by atoms with Gasteiger partial charge in [0, 0.05) is 30.9 Å². The molecular formula is C15H24ClN3. The Bertz CT molecular complexity index is 377. The minimum atomic E-state index is 0.642. The van der Waals surface area contributed by atoms with Gasteiger partial charge in [0.1, 0.15) is 5.15 Å². The van der Waals surface area contributed by atoms with Crippen LogP contribution in [0.2, 0.25) is 5.15 Å². The molecule has 0 radical (unpaired) electrons. The van der Waals surface area contributed by atoms with Crippen LogP contribution in [-0.2, 0) is 6.54 Å². The van der Waals surface area contributed by atoms with Crippen molar-refractivity contribution >= 4 is 11.6 Å². The maximum absolute atomic E-state index is 6.17. The third-order valence-corrected chi connectivity index (χ3v) is 4.04. The van der Waals surface area contributed by atoms with Gasteiger partial charge in [-0.3, -0.25) is 4.90 Å². The Balaban J connectivity index is 1.94. The molecule has 2 heterocycles. The standard InChI is InChI=1S/C15H24ClN3/c1-2-3-10-19(12-14-7-5-8-17-14)11-13-6-4-9-18-15(13)16/h4,6,9,14,17H,2-3,5,7-8,10-12H2,1H3. The van der Waals surface area contributed by atoms with Crippen molar-refractivity contribution in [3.63, 3.8) is 0 Å². The molecule has 1 aliphatic heterocycles. The summed E-state index contributed by atoms with van der Waals surface area (Å²) in [5.74, 6) is 0. The number of nitrogens with zero attached hydrogens (tertiary/aromatic N) is 2. The lowest BCUT2D eigenvalue weighted by atomic mass is 10.2. The van der Waals surface area contributed by atoms with E-state index in [1.807, 2.05) is 6.07 Å². The molecule has 0 aromatic carbocycles. The summed E-state index contributed by atoms with van der Waals surface area (Å²) in [6.07, 6.45) is 6.82. The Morgan fingerprint density at radius 3 is 3.11 bits per heavy atom. The maximum Gasteiger partial charge on any atom is 0.133 e. The fourth-order valence-corrected chi connectivity index (χ4v) is 2.80. The molecule has 1 fully saturated rings. The Morgan fingerprint density at radius 1 is 1.53 bits per heavy atom. The number of rotatable bonds is 7. The van der Waals surface area contributed by atoms with Crippen molar-refractivity contribution in [2.24, 2.45) is 0 Å². The molecule has 19 heavy (non-hydrogen) atoms. The van der Waals surface area contributed by atoms with Crippen LogP contribution in [0, 0.1) is 0 Å². The molecule has 1 aliphatic rings. The van der Waals surface area contributed by atoms with Crippen molar-refractivity contribution < 1.29 is 0 Å². The van der Waals surface area contributed by atoms with Crippen LogP contribution in [-0.4, -0.2) is 35.6 Å². The zero-order valence-electron chi connectivity index (χ0n) is 11.7. The predicted molar refractivity (Wildman–Crippen MR) is 80.5 cm³/mol. The molecule has 3 nitrogen and oxygen atoms in total. The van der Waals surface area contributed by atoms with Crippen LogP contribution >= 0.6 is 11.6 Å². The number of aromatic nitrogens is 1. The lowest BCUT2D eigenvalue weighted by molar-refractivity contribution is 0.237. The molecule has 0 spiro atoms. The van der Waals surface area contributed by atoms with Crippen molar-refractivity contribution in [1.82, 2.24) is 15.2 Å². The van der Waals surface area contributed by atoms with Crippen LogP contribution in [0.1, 0.15) is 38.2 Å². The van der Waals surface area contributed by atoms with E-state index in [-0.39, 0.29) is 0 Å². The predicted octanol–water partition coefficient (Wildman–Crippen LogP) is 3.09. The van der Waals surface area contributed by atoms with Gasteiger partial charge in [-0.05, 0) is 38.4 Å². The fourth-order valence-electron chi connectivity index (χ4n) is 2.62. The zero-order chi connectivity index (χ0) is 13.5. The average molecular weight is 282 g/mol. The monoisotopic (exact) mass is 281 g/mol. The van der Waals surface area contributed by atoms with Gasteiger partial charge in [0.05, 0.1) is 0 Å². The number of hydrogen-bond acceptors (Lipinski definition) is 3. The summed E-state index contributed by atoms with van der Waals surface area (Å²) in [5, 5.41) is 4.22. The van der Waals surface area contributed by atoms with Gasteiger partial charge in [-0.1, -0.05) is 31.0 Å². The second-order valence-corrected chi connectivity index (χ2v) is 5.69. The van der Waals surface area contributed by atoms with E-state index in [1.165, 1.54) is 32.2 Å². The van der Waals surface area contributed by atoms with Crippen LogP contribution in [0.4, 0.5) is 0 Å². The molecule has 0 bridgehead atoms. The summed E-state index contributed by atoms with van der Waals surface area (Å²) in [6, 6.07) is 4.69. The lowest BCUT2D eigenvalue weighted by Crippen LogP contribution is -2.37. The van der Waals surface area contributed by atoms with Crippen LogP contribution in [0.25, 0.3) is 0 Å². The van der Waals surface area contributed by atoms with Crippen molar-refractivity contribution in [1.29, 1.82) is 0 Å². The third kappa shape index (κ3) is 4.75. The van der Waals surface area contributed by atoms with Crippen LogP contribution in [0.5, 0.6) is 0 Å². The highest BCUT2D eigenvalue weighted by atomic mass is 35.5. The summed E-state index contributed by atoms with van der Waals surface area (Å²) in [6.45, 7) is 6.57. The molecular weight excluding hydrogens is 258 g/mol. The van der Waals surface area contributed by atoms with E-state index in [1.54, 1.807) is 6.20 Å². The lowest BCUT2D eigenvalue weighted by Gasteiger charge is -2.25. The Hall–Kier alpha value is -0.640. The highest BCUT2D eigenvalue weighted by Crippen LogP contribution is 2.16. The smallest absolute Gasteiger partial charge is 0.133 e. The molecule has 1 atom stereocenters. The van der Waals surface area contributed by atoms with Gasteiger partial charge in [0.2, 0.25) is 0 Å².